The Morgan fingerprint density at radius 2 is 1.83 bits per heavy atom. The van der Waals surface area contributed by atoms with Crippen LogP contribution in [0.5, 0.6) is 5.75 Å². The minimum Gasteiger partial charge on any atom is -0.497 e. The summed E-state index contributed by atoms with van der Waals surface area (Å²) in [5.41, 5.74) is -1.33. The molecular formula is C19H14F3N3O4. The highest BCUT2D eigenvalue weighted by Crippen LogP contribution is 2.36. The number of imide groups is 2. The van der Waals surface area contributed by atoms with E-state index >= 15 is 0 Å². The third-order valence-corrected chi connectivity index (χ3v) is 4.09. The van der Waals surface area contributed by atoms with Crippen LogP contribution < -0.4 is 15.0 Å². The molecule has 0 bridgehead atoms. The van der Waals surface area contributed by atoms with Crippen molar-refractivity contribution in [2.75, 3.05) is 12.0 Å². The molecule has 4 amide bonds. The Balaban J connectivity index is 1.94. The first-order valence-electron chi connectivity index (χ1n) is 8.25. The van der Waals surface area contributed by atoms with Crippen LogP contribution in [0.4, 0.5) is 29.3 Å². The van der Waals surface area contributed by atoms with Gasteiger partial charge in [0.15, 0.2) is 5.92 Å². The van der Waals surface area contributed by atoms with Gasteiger partial charge in [-0.2, -0.15) is 13.2 Å². The molecule has 2 aromatic rings. The summed E-state index contributed by atoms with van der Waals surface area (Å²) in [7, 11) is 1.40. The van der Waals surface area contributed by atoms with Gasteiger partial charge in [-0.25, -0.2) is 9.69 Å². The molecule has 0 saturated carbocycles. The van der Waals surface area contributed by atoms with E-state index in [-0.39, 0.29) is 5.69 Å². The van der Waals surface area contributed by atoms with Gasteiger partial charge in [0.25, 0.3) is 5.91 Å². The molecule has 3 rings (SSSR count). The van der Waals surface area contributed by atoms with E-state index in [1.54, 1.807) is 6.07 Å². The van der Waals surface area contributed by atoms with Gasteiger partial charge in [0.1, 0.15) is 5.75 Å². The maximum atomic E-state index is 13.1. The average molecular weight is 405 g/mol. The van der Waals surface area contributed by atoms with Gasteiger partial charge in [-0.1, -0.05) is 18.2 Å². The molecule has 7 nitrogen and oxygen atoms in total. The monoisotopic (exact) mass is 405 g/mol. The van der Waals surface area contributed by atoms with Gasteiger partial charge in [-0.3, -0.25) is 19.9 Å². The second kappa shape index (κ2) is 7.74. The number of aliphatic imine (C=N–C) groups is 1. The van der Waals surface area contributed by atoms with E-state index in [0.29, 0.717) is 10.6 Å². The van der Waals surface area contributed by atoms with Crippen molar-refractivity contribution in [1.82, 2.24) is 5.32 Å². The number of barbiturate groups is 1. The predicted octanol–water partition coefficient (Wildman–Crippen LogP) is 3.32. The fraction of sp³-hybridized carbons (Fsp3) is 0.158. The first-order chi connectivity index (χ1) is 13.7. The van der Waals surface area contributed by atoms with Crippen LogP contribution in [0.3, 0.4) is 0 Å². The Hall–Kier alpha value is -3.69. The molecule has 1 atom stereocenters. The molecule has 0 radical (unpaired) electrons. The maximum Gasteiger partial charge on any atom is 0.418 e. The number of para-hydroxylation sites is 1. The number of nitrogens with one attached hydrogen (secondary N) is 1. The van der Waals surface area contributed by atoms with Crippen molar-refractivity contribution < 1.29 is 32.3 Å². The number of hydrogen-bond donors (Lipinski definition) is 1. The maximum absolute atomic E-state index is 13.1. The van der Waals surface area contributed by atoms with Crippen molar-refractivity contribution >= 4 is 35.4 Å². The van der Waals surface area contributed by atoms with E-state index in [2.05, 4.69) is 4.99 Å². The summed E-state index contributed by atoms with van der Waals surface area (Å²) in [6, 6.07) is 9.48. The number of benzene rings is 2. The second-order valence-electron chi connectivity index (χ2n) is 5.94. The summed E-state index contributed by atoms with van der Waals surface area (Å²) in [6.45, 7) is 0. The zero-order valence-corrected chi connectivity index (χ0v) is 14.9. The lowest BCUT2D eigenvalue weighted by molar-refractivity contribution is -0.137. The highest BCUT2D eigenvalue weighted by molar-refractivity contribution is 6.32. The van der Waals surface area contributed by atoms with Crippen LogP contribution in [0.25, 0.3) is 0 Å². The van der Waals surface area contributed by atoms with E-state index in [9.17, 15) is 27.6 Å². The number of amides is 4. The number of methoxy groups -OCH3 is 1. The Kier molecular flexibility index (Phi) is 5.35. The minimum absolute atomic E-state index is 0.133. The van der Waals surface area contributed by atoms with Crippen molar-refractivity contribution in [3.8, 4) is 5.75 Å². The van der Waals surface area contributed by atoms with Crippen LogP contribution in [0.1, 0.15) is 5.56 Å². The molecule has 1 heterocycles. The third-order valence-electron chi connectivity index (χ3n) is 4.09. The molecule has 1 aliphatic rings. The standard InChI is InChI=1S/C19H14F3N3O4/c1-29-12-6-4-5-11(9-12)25-17(27)13(16(26)24-18(25)28)10-23-15-8-3-2-7-14(15)19(20,21)22/h2-10,13H,1H3,(H,24,26,28)/t13-/m1/s1. The number of hydrogen-bond acceptors (Lipinski definition) is 5. The summed E-state index contributed by atoms with van der Waals surface area (Å²) in [5, 5.41) is 2.00. The molecule has 10 heteroatoms. The average Bonchev–Trinajstić information content (AvgIpc) is 2.67. The summed E-state index contributed by atoms with van der Waals surface area (Å²) < 4.78 is 44.3. The highest BCUT2D eigenvalue weighted by atomic mass is 19.4. The van der Waals surface area contributed by atoms with E-state index in [4.69, 9.17) is 4.74 Å². The summed E-state index contributed by atoms with van der Waals surface area (Å²) in [5.74, 6) is -3.14. The lowest BCUT2D eigenvalue weighted by atomic mass is 10.1. The van der Waals surface area contributed by atoms with Crippen LogP contribution in [-0.4, -0.2) is 31.2 Å². The molecule has 150 valence electrons. The summed E-state index contributed by atoms with van der Waals surface area (Å²) >= 11 is 0. The fourth-order valence-electron chi connectivity index (χ4n) is 2.70. The lowest BCUT2D eigenvalue weighted by Gasteiger charge is -2.28. The number of rotatable bonds is 4. The number of nitrogens with zero attached hydrogens (tertiary/aromatic N) is 2. The first-order valence-corrected chi connectivity index (χ1v) is 8.25. The van der Waals surface area contributed by atoms with Gasteiger partial charge in [0.05, 0.1) is 24.0 Å². The second-order valence-corrected chi connectivity index (χ2v) is 5.94. The number of anilines is 1. The first kappa shape index (κ1) is 20.1. The molecular weight excluding hydrogens is 391 g/mol. The van der Waals surface area contributed by atoms with Gasteiger partial charge < -0.3 is 4.74 Å². The highest BCUT2D eigenvalue weighted by Gasteiger charge is 2.41. The van der Waals surface area contributed by atoms with Crippen LogP contribution in [0.2, 0.25) is 0 Å². The lowest BCUT2D eigenvalue weighted by Crippen LogP contribution is -2.58. The van der Waals surface area contributed by atoms with Gasteiger partial charge in [-0.05, 0) is 24.3 Å². The Labute approximate surface area is 162 Å². The molecule has 0 aliphatic carbocycles. The predicted molar refractivity (Wildman–Crippen MR) is 97.1 cm³/mol. The van der Waals surface area contributed by atoms with Crippen molar-refractivity contribution in [2.24, 2.45) is 10.9 Å². The quantitative estimate of drug-likeness (QED) is 0.625. The van der Waals surface area contributed by atoms with Crippen LogP contribution in [-0.2, 0) is 15.8 Å². The molecule has 0 unspecified atom stereocenters. The molecule has 1 aliphatic heterocycles. The number of urea groups is 1. The number of carbonyl (C=O) groups excluding carboxylic acids is 3. The van der Waals surface area contributed by atoms with Crippen molar-refractivity contribution in [3.05, 3.63) is 54.1 Å². The Morgan fingerprint density at radius 3 is 2.52 bits per heavy atom. The van der Waals surface area contributed by atoms with Crippen LogP contribution in [0, 0.1) is 5.92 Å². The van der Waals surface area contributed by atoms with E-state index in [0.717, 1.165) is 18.3 Å². The Morgan fingerprint density at radius 1 is 1.10 bits per heavy atom. The molecule has 0 spiro atoms. The molecule has 1 saturated heterocycles. The fourth-order valence-corrected chi connectivity index (χ4v) is 2.70. The largest absolute Gasteiger partial charge is 0.497 e. The van der Waals surface area contributed by atoms with Gasteiger partial charge in [-0.15, -0.1) is 0 Å². The van der Waals surface area contributed by atoms with Crippen molar-refractivity contribution in [3.63, 3.8) is 0 Å². The SMILES string of the molecule is COc1cccc(N2C(=O)NC(=O)[C@@H](C=Nc3ccccc3C(F)(F)F)C2=O)c1. The number of ether oxygens (including phenoxy) is 1. The number of alkyl halides is 3. The number of halogens is 3. The molecule has 29 heavy (non-hydrogen) atoms. The van der Waals surface area contributed by atoms with E-state index < -0.39 is 41.2 Å². The smallest absolute Gasteiger partial charge is 0.418 e. The van der Waals surface area contributed by atoms with Crippen molar-refractivity contribution in [1.29, 1.82) is 0 Å². The zero-order chi connectivity index (χ0) is 21.2. The van der Waals surface area contributed by atoms with Crippen molar-refractivity contribution in [2.45, 2.75) is 6.18 Å². The molecule has 1 fully saturated rings. The zero-order valence-electron chi connectivity index (χ0n) is 14.9. The molecule has 1 N–H and O–H groups in total. The minimum atomic E-state index is -4.66. The third kappa shape index (κ3) is 4.10. The van der Waals surface area contributed by atoms with Gasteiger partial charge >= 0.3 is 12.2 Å². The topological polar surface area (TPSA) is 88.1 Å². The molecule has 2 aromatic carbocycles. The van der Waals surface area contributed by atoms with E-state index in [1.807, 2.05) is 5.32 Å². The summed E-state index contributed by atoms with van der Waals surface area (Å²) in [6.07, 6.45) is -3.86. The van der Waals surface area contributed by atoms with Crippen LogP contribution >= 0.6 is 0 Å². The number of carbonyl (C=O) groups is 3. The van der Waals surface area contributed by atoms with Crippen LogP contribution in [0.15, 0.2) is 53.5 Å². The molecule has 0 aromatic heterocycles. The Bertz CT molecular complexity index is 1000. The van der Waals surface area contributed by atoms with Gasteiger partial charge in [0.2, 0.25) is 5.91 Å². The van der Waals surface area contributed by atoms with E-state index in [1.165, 1.54) is 37.4 Å². The van der Waals surface area contributed by atoms with Gasteiger partial charge in [0, 0.05) is 12.3 Å². The normalized spacial score (nSPS) is 17.6. The summed E-state index contributed by atoms with van der Waals surface area (Å²) in [4.78, 5) is 41.4.